The van der Waals surface area contributed by atoms with Crippen LogP contribution in [0.4, 0.5) is 0 Å². The summed E-state index contributed by atoms with van der Waals surface area (Å²) < 4.78 is 10.5. The van der Waals surface area contributed by atoms with Crippen molar-refractivity contribution in [3.63, 3.8) is 0 Å². The highest BCUT2D eigenvalue weighted by Gasteiger charge is 2.37. The fraction of sp³-hybridized carbons (Fsp3) is 0.476. The Morgan fingerprint density at radius 3 is 2.33 bits per heavy atom. The first-order valence-corrected chi connectivity index (χ1v) is 10.1. The van der Waals surface area contributed by atoms with Crippen molar-refractivity contribution in [1.29, 1.82) is 0 Å². The lowest BCUT2D eigenvalue weighted by atomic mass is 9.84. The molecule has 5 nitrogen and oxygen atoms in total. The molecule has 2 aromatic rings. The number of hydrogen-bond acceptors (Lipinski definition) is 5. The van der Waals surface area contributed by atoms with Crippen LogP contribution in [0, 0.1) is 0 Å². The summed E-state index contributed by atoms with van der Waals surface area (Å²) in [5, 5.41) is 13.0. The third-order valence-electron chi connectivity index (χ3n) is 5.32. The SMILES string of the molecule is COc1cc(OC)cc(C(=O)NCC2(c3ccc(C(C)O)s3)CCCC2)c1. The van der Waals surface area contributed by atoms with Crippen molar-refractivity contribution >= 4 is 17.2 Å². The molecule has 1 heterocycles. The fourth-order valence-corrected chi connectivity index (χ4v) is 4.90. The summed E-state index contributed by atoms with van der Waals surface area (Å²) in [7, 11) is 3.14. The van der Waals surface area contributed by atoms with Gasteiger partial charge in [-0.1, -0.05) is 12.8 Å². The first-order valence-electron chi connectivity index (χ1n) is 9.27. The van der Waals surface area contributed by atoms with Gasteiger partial charge in [-0.25, -0.2) is 0 Å². The Morgan fingerprint density at radius 2 is 1.81 bits per heavy atom. The average Bonchev–Trinajstić information content (AvgIpc) is 3.36. The molecule has 146 valence electrons. The molecule has 3 rings (SSSR count). The Kier molecular flexibility index (Phi) is 6.07. The molecule has 1 aliphatic carbocycles. The van der Waals surface area contributed by atoms with Gasteiger partial charge < -0.3 is 19.9 Å². The van der Waals surface area contributed by atoms with E-state index in [0.29, 0.717) is 23.6 Å². The summed E-state index contributed by atoms with van der Waals surface area (Å²) in [5.41, 5.74) is 0.478. The molecule has 0 spiro atoms. The van der Waals surface area contributed by atoms with E-state index in [0.717, 1.165) is 30.6 Å². The zero-order valence-electron chi connectivity index (χ0n) is 16.1. The summed E-state index contributed by atoms with van der Waals surface area (Å²) in [6, 6.07) is 9.29. The predicted octanol–water partition coefficient (Wildman–Crippen LogP) is 4.06. The second-order valence-electron chi connectivity index (χ2n) is 7.15. The maximum Gasteiger partial charge on any atom is 0.251 e. The van der Waals surface area contributed by atoms with Crippen molar-refractivity contribution in [2.75, 3.05) is 20.8 Å². The second-order valence-corrected chi connectivity index (χ2v) is 8.26. The lowest BCUT2D eigenvalue weighted by molar-refractivity contribution is 0.0942. The quantitative estimate of drug-likeness (QED) is 0.749. The summed E-state index contributed by atoms with van der Waals surface area (Å²) in [6.07, 6.45) is 3.96. The lowest BCUT2D eigenvalue weighted by Gasteiger charge is -2.28. The number of aliphatic hydroxyl groups excluding tert-OH is 1. The Labute approximate surface area is 164 Å². The number of carbonyl (C=O) groups excluding carboxylic acids is 1. The van der Waals surface area contributed by atoms with Crippen molar-refractivity contribution < 1.29 is 19.4 Å². The molecule has 27 heavy (non-hydrogen) atoms. The van der Waals surface area contributed by atoms with E-state index in [9.17, 15) is 9.90 Å². The van der Waals surface area contributed by atoms with E-state index in [1.54, 1.807) is 50.7 Å². The number of ether oxygens (including phenoxy) is 2. The van der Waals surface area contributed by atoms with Gasteiger partial charge in [0.05, 0.1) is 20.3 Å². The molecular weight excluding hydrogens is 362 g/mol. The van der Waals surface area contributed by atoms with Crippen molar-refractivity contribution in [3.8, 4) is 11.5 Å². The molecule has 0 saturated heterocycles. The smallest absolute Gasteiger partial charge is 0.251 e. The van der Waals surface area contributed by atoms with Gasteiger partial charge in [0.2, 0.25) is 0 Å². The number of rotatable bonds is 7. The van der Waals surface area contributed by atoms with Crippen LogP contribution in [0.1, 0.15) is 58.8 Å². The monoisotopic (exact) mass is 389 g/mol. The van der Waals surface area contributed by atoms with Crippen LogP contribution in [0.5, 0.6) is 11.5 Å². The maximum absolute atomic E-state index is 12.8. The van der Waals surface area contributed by atoms with Crippen LogP contribution in [0.3, 0.4) is 0 Å². The molecule has 1 atom stereocenters. The van der Waals surface area contributed by atoms with E-state index in [4.69, 9.17) is 9.47 Å². The van der Waals surface area contributed by atoms with Gasteiger partial charge in [0, 0.05) is 33.3 Å². The van der Waals surface area contributed by atoms with Crippen LogP contribution >= 0.6 is 11.3 Å². The van der Waals surface area contributed by atoms with Crippen LogP contribution in [-0.4, -0.2) is 31.8 Å². The van der Waals surface area contributed by atoms with Gasteiger partial charge in [0.25, 0.3) is 5.91 Å². The van der Waals surface area contributed by atoms with E-state index < -0.39 is 6.10 Å². The van der Waals surface area contributed by atoms with Gasteiger partial charge in [0.1, 0.15) is 11.5 Å². The molecule has 0 bridgehead atoms. The first kappa shape index (κ1) is 19.7. The third-order valence-corrected chi connectivity index (χ3v) is 6.82. The van der Waals surface area contributed by atoms with Gasteiger partial charge in [-0.3, -0.25) is 4.79 Å². The van der Waals surface area contributed by atoms with Gasteiger partial charge in [-0.05, 0) is 44.0 Å². The topological polar surface area (TPSA) is 67.8 Å². The fourth-order valence-electron chi connectivity index (χ4n) is 3.71. The number of methoxy groups -OCH3 is 2. The highest BCUT2D eigenvalue weighted by molar-refractivity contribution is 7.12. The van der Waals surface area contributed by atoms with Crippen molar-refractivity contribution in [3.05, 3.63) is 45.6 Å². The van der Waals surface area contributed by atoms with Gasteiger partial charge in [0.15, 0.2) is 0 Å². The molecule has 1 aromatic heterocycles. The summed E-state index contributed by atoms with van der Waals surface area (Å²) in [4.78, 5) is 15.0. The minimum absolute atomic E-state index is 0.0452. The van der Waals surface area contributed by atoms with E-state index >= 15 is 0 Å². The van der Waals surface area contributed by atoms with E-state index in [1.807, 2.05) is 6.07 Å². The molecule has 1 amide bonds. The van der Waals surface area contributed by atoms with E-state index in [1.165, 1.54) is 4.88 Å². The number of nitrogens with one attached hydrogen (secondary N) is 1. The number of carbonyl (C=O) groups is 1. The first-order chi connectivity index (χ1) is 13.0. The van der Waals surface area contributed by atoms with Gasteiger partial charge in [-0.2, -0.15) is 0 Å². The Morgan fingerprint density at radius 1 is 1.19 bits per heavy atom. The molecule has 1 aliphatic rings. The van der Waals surface area contributed by atoms with E-state index in [-0.39, 0.29) is 11.3 Å². The van der Waals surface area contributed by atoms with Gasteiger partial charge >= 0.3 is 0 Å². The molecule has 2 N–H and O–H groups in total. The van der Waals surface area contributed by atoms with Crippen LogP contribution in [0.25, 0.3) is 0 Å². The molecule has 0 radical (unpaired) electrons. The standard InChI is InChI=1S/C21H27NO4S/c1-14(23)18-6-7-19(27-18)21(8-4-5-9-21)13-22-20(24)15-10-16(25-2)12-17(11-15)26-3/h6-7,10-12,14,23H,4-5,8-9,13H2,1-3H3,(H,22,24). The summed E-state index contributed by atoms with van der Waals surface area (Å²) in [5.74, 6) is 1.05. The zero-order valence-corrected chi connectivity index (χ0v) is 16.9. The largest absolute Gasteiger partial charge is 0.497 e. The van der Waals surface area contributed by atoms with E-state index in [2.05, 4.69) is 11.4 Å². The number of thiophene rings is 1. The summed E-state index contributed by atoms with van der Waals surface area (Å²) in [6.45, 7) is 2.38. The van der Waals surface area contributed by atoms with Crippen molar-refractivity contribution in [2.24, 2.45) is 0 Å². The molecule has 0 aliphatic heterocycles. The Bertz CT molecular complexity index is 771. The summed E-state index contributed by atoms with van der Waals surface area (Å²) >= 11 is 1.66. The normalized spacial score (nSPS) is 16.7. The Hall–Kier alpha value is -2.05. The third kappa shape index (κ3) is 4.28. The Balaban J connectivity index is 1.77. The van der Waals surface area contributed by atoms with Gasteiger partial charge in [-0.15, -0.1) is 11.3 Å². The molecule has 6 heteroatoms. The molecule has 1 aromatic carbocycles. The van der Waals surface area contributed by atoms with Crippen LogP contribution in [-0.2, 0) is 5.41 Å². The average molecular weight is 390 g/mol. The maximum atomic E-state index is 12.8. The van der Waals surface area contributed by atoms with Crippen molar-refractivity contribution in [1.82, 2.24) is 5.32 Å². The van der Waals surface area contributed by atoms with Crippen LogP contribution in [0.15, 0.2) is 30.3 Å². The number of aliphatic hydroxyl groups is 1. The molecule has 1 unspecified atom stereocenters. The molecule has 1 fully saturated rings. The molecule has 1 saturated carbocycles. The number of amides is 1. The number of benzene rings is 1. The van der Waals surface area contributed by atoms with Crippen LogP contribution in [0.2, 0.25) is 0 Å². The highest BCUT2D eigenvalue weighted by Crippen LogP contribution is 2.44. The van der Waals surface area contributed by atoms with Crippen molar-refractivity contribution in [2.45, 2.75) is 44.1 Å². The minimum Gasteiger partial charge on any atom is -0.497 e. The number of hydrogen-bond donors (Lipinski definition) is 2. The van der Waals surface area contributed by atoms with Crippen LogP contribution < -0.4 is 14.8 Å². The second kappa shape index (κ2) is 8.31. The molecular formula is C21H27NO4S. The minimum atomic E-state index is -0.457. The highest BCUT2D eigenvalue weighted by atomic mass is 32.1. The predicted molar refractivity (Wildman–Crippen MR) is 107 cm³/mol. The zero-order chi connectivity index (χ0) is 19.4. The lowest BCUT2D eigenvalue weighted by Crippen LogP contribution is -2.38.